The van der Waals surface area contributed by atoms with Crippen LogP contribution in [0, 0.1) is 5.41 Å². The summed E-state index contributed by atoms with van der Waals surface area (Å²) in [6, 6.07) is 34.1. The highest BCUT2D eigenvalue weighted by Gasteiger charge is 2.36. The van der Waals surface area contributed by atoms with E-state index in [0.29, 0.717) is 24.7 Å². The molecular weight excluding hydrogens is 582 g/mol. The number of carboxylic acids is 1. The third kappa shape index (κ3) is 9.61. The molecule has 4 aromatic carbocycles. The van der Waals surface area contributed by atoms with E-state index in [1.54, 1.807) is 12.1 Å². The van der Waals surface area contributed by atoms with Crippen molar-refractivity contribution in [1.82, 2.24) is 4.90 Å². The van der Waals surface area contributed by atoms with Gasteiger partial charge in [-0.15, -0.1) is 0 Å². The number of halogens is 1. The van der Waals surface area contributed by atoms with Crippen LogP contribution in [0.1, 0.15) is 76.4 Å². The Morgan fingerprint density at radius 2 is 1.53 bits per heavy atom. The van der Waals surface area contributed by atoms with Gasteiger partial charge in [0.1, 0.15) is 6.29 Å². The molecule has 0 heterocycles. The first-order valence-electron chi connectivity index (χ1n) is 15.9. The first kappa shape index (κ1) is 32.6. The SMILES string of the molecule is O=CC1(CCCN(Cc2ccc(C(=O)O)cc2)CC(OCc2ccc(CCc3ccccc3)cc2)c2cccc(Cl)c2)CCC1. The maximum atomic E-state index is 11.8. The number of aromatic carboxylic acids is 1. The zero-order chi connectivity index (χ0) is 31.5. The number of carboxylic acid groups (broad SMARTS) is 1. The lowest BCUT2D eigenvalue weighted by Gasteiger charge is -2.37. The number of carbonyl (C=O) groups is 2. The minimum absolute atomic E-state index is 0.162. The van der Waals surface area contributed by atoms with Crippen molar-refractivity contribution in [2.24, 2.45) is 5.41 Å². The molecule has 1 saturated carbocycles. The number of aldehydes is 1. The quantitative estimate of drug-likeness (QED) is 0.119. The summed E-state index contributed by atoms with van der Waals surface area (Å²) < 4.78 is 6.62. The van der Waals surface area contributed by atoms with Gasteiger partial charge >= 0.3 is 5.97 Å². The molecule has 0 aliphatic heterocycles. The summed E-state index contributed by atoms with van der Waals surface area (Å²) >= 11 is 6.43. The van der Waals surface area contributed by atoms with Crippen molar-refractivity contribution in [3.05, 3.63) is 142 Å². The lowest BCUT2D eigenvalue weighted by atomic mass is 9.67. The van der Waals surface area contributed by atoms with Crippen LogP contribution in [-0.4, -0.2) is 35.4 Å². The highest BCUT2D eigenvalue weighted by Crippen LogP contribution is 2.42. The number of benzene rings is 4. The summed E-state index contributed by atoms with van der Waals surface area (Å²) in [5.41, 5.74) is 5.90. The third-order valence-corrected chi connectivity index (χ3v) is 9.25. The van der Waals surface area contributed by atoms with Gasteiger partial charge in [0.15, 0.2) is 0 Å². The molecule has 234 valence electrons. The fourth-order valence-electron chi connectivity index (χ4n) is 6.09. The Morgan fingerprint density at radius 3 is 2.16 bits per heavy atom. The zero-order valence-electron chi connectivity index (χ0n) is 25.7. The van der Waals surface area contributed by atoms with Gasteiger partial charge < -0.3 is 14.6 Å². The summed E-state index contributed by atoms with van der Waals surface area (Å²) in [6.45, 7) is 2.53. The molecule has 5 nitrogen and oxygen atoms in total. The van der Waals surface area contributed by atoms with Crippen molar-refractivity contribution >= 4 is 23.9 Å². The molecule has 1 atom stereocenters. The van der Waals surface area contributed by atoms with Crippen LogP contribution in [0.2, 0.25) is 5.02 Å². The van der Waals surface area contributed by atoms with Gasteiger partial charge in [-0.2, -0.15) is 0 Å². The maximum Gasteiger partial charge on any atom is 0.335 e. The Kier molecular flexibility index (Phi) is 11.6. The smallest absolute Gasteiger partial charge is 0.335 e. The average molecular weight is 624 g/mol. The Bertz CT molecular complexity index is 1520. The number of nitrogens with zero attached hydrogens (tertiary/aromatic N) is 1. The van der Waals surface area contributed by atoms with Gasteiger partial charge in [-0.3, -0.25) is 4.90 Å². The van der Waals surface area contributed by atoms with E-state index in [1.165, 1.54) is 11.1 Å². The summed E-state index contributed by atoms with van der Waals surface area (Å²) in [7, 11) is 0. The second kappa shape index (κ2) is 16.0. The molecule has 5 rings (SSSR count). The van der Waals surface area contributed by atoms with E-state index in [1.807, 2.05) is 36.4 Å². The predicted octanol–water partition coefficient (Wildman–Crippen LogP) is 8.73. The number of ether oxygens (including phenoxy) is 1. The van der Waals surface area contributed by atoms with Gasteiger partial charge in [0, 0.05) is 23.5 Å². The zero-order valence-corrected chi connectivity index (χ0v) is 26.5. The highest BCUT2D eigenvalue weighted by molar-refractivity contribution is 6.30. The fourth-order valence-corrected chi connectivity index (χ4v) is 6.28. The Balaban J connectivity index is 1.27. The van der Waals surface area contributed by atoms with E-state index >= 15 is 0 Å². The summed E-state index contributed by atoms with van der Waals surface area (Å²) in [5, 5.41) is 10.0. The molecular formula is C39H42ClNO4. The molecule has 1 fully saturated rings. The molecule has 0 aromatic heterocycles. The fraction of sp³-hybridized carbons (Fsp3) is 0.333. The van der Waals surface area contributed by atoms with Gasteiger partial charge in [-0.25, -0.2) is 4.79 Å². The van der Waals surface area contributed by atoms with Gasteiger partial charge in [0.2, 0.25) is 0 Å². The molecule has 1 aliphatic carbocycles. The topological polar surface area (TPSA) is 66.8 Å². The number of aryl methyl sites for hydroxylation is 2. The molecule has 45 heavy (non-hydrogen) atoms. The molecule has 0 radical (unpaired) electrons. The van der Waals surface area contributed by atoms with Gasteiger partial charge in [0.25, 0.3) is 0 Å². The highest BCUT2D eigenvalue weighted by atomic mass is 35.5. The van der Waals surface area contributed by atoms with Crippen LogP contribution in [0.4, 0.5) is 0 Å². The van der Waals surface area contributed by atoms with Crippen molar-refractivity contribution in [2.45, 2.75) is 64.2 Å². The van der Waals surface area contributed by atoms with Crippen molar-refractivity contribution in [3.8, 4) is 0 Å². The molecule has 6 heteroatoms. The van der Waals surface area contributed by atoms with Crippen LogP contribution in [0.5, 0.6) is 0 Å². The van der Waals surface area contributed by atoms with Crippen molar-refractivity contribution in [1.29, 1.82) is 0 Å². The van der Waals surface area contributed by atoms with Crippen LogP contribution in [0.3, 0.4) is 0 Å². The minimum Gasteiger partial charge on any atom is -0.478 e. The van der Waals surface area contributed by atoms with Crippen LogP contribution < -0.4 is 0 Å². The Hall–Kier alpha value is -3.77. The maximum absolute atomic E-state index is 11.8. The number of rotatable bonds is 17. The Morgan fingerprint density at radius 1 is 0.867 bits per heavy atom. The molecule has 1 aliphatic rings. The largest absolute Gasteiger partial charge is 0.478 e. The minimum atomic E-state index is -0.934. The Labute approximate surface area is 271 Å². The number of hydrogen-bond donors (Lipinski definition) is 1. The first-order chi connectivity index (χ1) is 21.9. The second-order valence-electron chi connectivity index (χ2n) is 12.3. The second-order valence-corrected chi connectivity index (χ2v) is 12.8. The van der Waals surface area contributed by atoms with Crippen LogP contribution >= 0.6 is 11.6 Å². The van der Waals surface area contributed by atoms with E-state index in [2.05, 4.69) is 59.5 Å². The van der Waals surface area contributed by atoms with Crippen LogP contribution in [0.15, 0.2) is 103 Å². The van der Waals surface area contributed by atoms with Gasteiger partial charge in [-0.05, 0) is 97.2 Å². The van der Waals surface area contributed by atoms with E-state index in [9.17, 15) is 14.7 Å². The molecule has 0 saturated heterocycles. The van der Waals surface area contributed by atoms with E-state index in [4.69, 9.17) is 16.3 Å². The third-order valence-electron chi connectivity index (χ3n) is 9.02. The number of hydrogen-bond acceptors (Lipinski definition) is 4. The molecule has 1 N–H and O–H groups in total. The lowest BCUT2D eigenvalue weighted by molar-refractivity contribution is -0.121. The molecule has 4 aromatic rings. The standard InChI is InChI=1S/C39H42ClNO4/c40-36-10-4-9-35(25-36)37(45-28-33-15-13-31(14-16-33)12-11-30-7-2-1-3-8-30)27-41(24-6-23-39(29-42)21-5-22-39)26-32-17-19-34(20-18-32)38(43)44/h1-4,7-10,13-20,25,29,37H,5-6,11-12,21-24,26-28H2,(H,43,44). The summed E-state index contributed by atoms with van der Waals surface area (Å²) in [4.78, 5) is 25.6. The van der Waals surface area contributed by atoms with Crippen LogP contribution in [0.25, 0.3) is 0 Å². The normalized spacial score (nSPS) is 14.5. The van der Waals surface area contributed by atoms with Crippen LogP contribution in [-0.2, 0) is 35.5 Å². The summed E-state index contributed by atoms with van der Waals surface area (Å²) in [6.07, 6.45) is 7.79. The predicted molar refractivity (Wildman–Crippen MR) is 180 cm³/mol. The van der Waals surface area contributed by atoms with Gasteiger partial charge in [0.05, 0.1) is 18.3 Å². The molecule has 0 spiro atoms. The molecule has 0 amide bonds. The van der Waals surface area contributed by atoms with E-state index in [0.717, 1.165) is 74.5 Å². The van der Waals surface area contributed by atoms with Crippen molar-refractivity contribution in [3.63, 3.8) is 0 Å². The van der Waals surface area contributed by atoms with Crippen molar-refractivity contribution in [2.75, 3.05) is 13.1 Å². The van der Waals surface area contributed by atoms with Gasteiger partial charge in [-0.1, -0.05) is 96.9 Å². The van der Waals surface area contributed by atoms with Crippen molar-refractivity contribution < 1.29 is 19.4 Å². The lowest BCUT2D eigenvalue weighted by Crippen LogP contribution is -2.34. The average Bonchev–Trinajstić information content (AvgIpc) is 3.04. The molecule has 1 unspecified atom stereocenters. The van der Waals surface area contributed by atoms with E-state index < -0.39 is 5.97 Å². The summed E-state index contributed by atoms with van der Waals surface area (Å²) in [5.74, 6) is -0.934. The monoisotopic (exact) mass is 623 g/mol. The number of carbonyl (C=O) groups excluding carboxylic acids is 1. The first-order valence-corrected chi connectivity index (χ1v) is 16.3. The molecule has 0 bridgehead atoms. The van der Waals surface area contributed by atoms with E-state index in [-0.39, 0.29) is 17.1 Å².